The van der Waals surface area contributed by atoms with Crippen molar-refractivity contribution >= 4 is 66.2 Å². The fraction of sp³-hybridized carbons (Fsp3) is 0. The third-order valence-corrected chi connectivity index (χ3v) is 13.6. The molecule has 0 saturated heterocycles. The number of rotatable bonds is 6. The van der Waals surface area contributed by atoms with E-state index in [0.717, 1.165) is 0 Å². The van der Waals surface area contributed by atoms with Crippen LogP contribution in [0.3, 0.4) is 0 Å². The minimum absolute atomic E-state index is 0.0130. The van der Waals surface area contributed by atoms with Crippen LogP contribution in [0.4, 0.5) is 43.9 Å². The minimum Gasteiger partial charge on any atom is -0.354 e. The molecule has 69 heavy (non-hydrogen) atoms. The molecule has 18 heteroatoms. The monoisotopic (exact) mass is 961 g/mol. The van der Waals surface area contributed by atoms with E-state index in [9.17, 15) is 34.8 Å². The number of H-pyrrole nitrogens is 3. The number of para-hydroxylation sites is 1. The van der Waals surface area contributed by atoms with Crippen LogP contribution in [-0.4, -0.2) is 32.3 Å². The second-order valence-corrected chi connectivity index (χ2v) is 17.7. The second-order valence-electron chi connectivity index (χ2n) is 15.8. The first-order valence-electron chi connectivity index (χ1n) is 20.5. The molecule has 0 saturated carbocycles. The molecule has 0 radical (unpaired) electrons. The number of hydrogen-bond donors (Lipinski definition) is 3. The van der Waals surface area contributed by atoms with Gasteiger partial charge >= 0.3 is 0 Å². The number of nitrogens with zero attached hydrogens (tertiary/aromatic N) is 2. The van der Waals surface area contributed by atoms with Gasteiger partial charge in [0.05, 0.1) is 44.0 Å². The summed E-state index contributed by atoms with van der Waals surface area (Å²) < 4.78 is 181. The first kappa shape index (κ1) is 43.2. The molecule has 5 aromatic carbocycles. The summed E-state index contributed by atoms with van der Waals surface area (Å²) in [6.07, 6.45) is 4.13. The molecule has 1 aliphatic rings. The maximum atomic E-state index is 15.8. The van der Waals surface area contributed by atoms with Gasteiger partial charge in [-0.1, -0.05) is 60.7 Å². The molecule has 5 aromatic heterocycles. The van der Waals surface area contributed by atoms with Gasteiger partial charge in [-0.3, -0.25) is 0 Å². The highest BCUT2D eigenvalue weighted by atomic mass is 32.2. The Bertz CT molecular complexity index is 4040. The Kier molecular flexibility index (Phi) is 9.94. The molecular weight excluding hydrogens is 937 g/mol. The molecule has 0 aliphatic carbocycles. The Balaban J connectivity index is 1.22. The van der Waals surface area contributed by atoms with Crippen molar-refractivity contribution in [2.45, 2.75) is 4.90 Å². The van der Waals surface area contributed by atoms with Gasteiger partial charge in [-0.05, 0) is 77.9 Å². The minimum atomic E-state index is -4.07. The SMILES string of the molecule is O=S(=O)(c1ccccc1)n1cc(-c2ccc(-c3c4nc(c(-c5c(F)c(F)c(F)c(F)c5F)c5ccc([nH]5)c5ccc([nH]5)c(-c5c(F)c(F)c(F)c(F)c5F)c5ccc3[nH]5)C=C4)cc2)c2ccccc21. The average Bonchev–Trinajstić information content (AvgIpc) is 4.23. The maximum absolute atomic E-state index is 15.8. The van der Waals surface area contributed by atoms with E-state index in [0.29, 0.717) is 27.6 Å². The molecular formula is C51H25F10N5O2S. The Morgan fingerprint density at radius 3 is 1.35 bits per heavy atom. The predicted molar refractivity (Wildman–Crippen MR) is 241 cm³/mol. The van der Waals surface area contributed by atoms with Crippen LogP contribution in [0.5, 0.6) is 0 Å². The molecule has 3 N–H and O–H groups in total. The third kappa shape index (κ3) is 6.64. The van der Waals surface area contributed by atoms with E-state index in [1.54, 1.807) is 66.7 Å². The molecule has 6 heterocycles. The topological polar surface area (TPSA) is 99.3 Å². The van der Waals surface area contributed by atoms with E-state index in [4.69, 9.17) is 0 Å². The summed E-state index contributed by atoms with van der Waals surface area (Å²) in [5, 5.41) is 0.579. The van der Waals surface area contributed by atoms with Gasteiger partial charge in [-0.25, -0.2) is 61.3 Å². The van der Waals surface area contributed by atoms with E-state index in [2.05, 4.69) is 19.9 Å². The summed E-state index contributed by atoms with van der Waals surface area (Å²) in [5.41, 5.74) is -2.25. The zero-order chi connectivity index (χ0) is 48.2. The third-order valence-electron chi connectivity index (χ3n) is 12.0. The zero-order valence-electron chi connectivity index (χ0n) is 34.6. The van der Waals surface area contributed by atoms with E-state index < -0.39 is 90.4 Å². The summed E-state index contributed by atoms with van der Waals surface area (Å²) in [5.74, 6) is -22.2. The van der Waals surface area contributed by atoms with Gasteiger partial charge in [-0.15, -0.1) is 0 Å². The molecule has 8 bridgehead atoms. The molecule has 0 spiro atoms. The molecule has 7 nitrogen and oxygen atoms in total. The van der Waals surface area contributed by atoms with Crippen LogP contribution in [0, 0.1) is 58.2 Å². The van der Waals surface area contributed by atoms with Crippen LogP contribution in [-0.2, 0) is 10.0 Å². The van der Waals surface area contributed by atoms with E-state index in [1.165, 1.54) is 70.9 Å². The largest absolute Gasteiger partial charge is 0.354 e. The lowest BCUT2D eigenvalue weighted by Crippen LogP contribution is -2.11. The highest BCUT2D eigenvalue weighted by Crippen LogP contribution is 2.42. The van der Waals surface area contributed by atoms with Crippen molar-refractivity contribution in [3.8, 4) is 44.5 Å². The lowest BCUT2D eigenvalue weighted by atomic mass is 9.99. The second kappa shape index (κ2) is 15.9. The number of nitrogens with one attached hydrogen (secondary N) is 3. The lowest BCUT2D eigenvalue weighted by Gasteiger charge is -2.10. The van der Waals surface area contributed by atoms with E-state index >= 15 is 17.6 Å². The zero-order valence-corrected chi connectivity index (χ0v) is 35.4. The molecule has 11 rings (SSSR count). The normalized spacial score (nSPS) is 12.3. The number of halogens is 10. The quantitative estimate of drug-likeness (QED) is 0.0879. The maximum Gasteiger partial charge on any atom is 0.268 e. The number of aromatic nitrogens is 5. The van der Waals surface area contributed by atoms with Crippen LogP contribution in [0.1, 0.15) is 11.4 Å². The van der Waals surface area contributed by atoms with Crippen LogP contribution in [0.15, 0.2) is 126 Å². The van der Waals surface area contributed by atoms with Crippen molar-refractivity contribution in [1.29, 1.82) is 0 Å². The molecule has 0 fully saturated rings. The first-order chi connectivity index (χ1) is 33.1. The van der Waals surface area contributed by atoms with Crippen molar-refractivity contribution in [2.75, 3.05) is 0 Å². The van der Waals surface area contributed by atoms with Crippen LogP contribution in [0.2, 0.25) is 0 Å². The lowest BCUT2D eigenvalue weighted by molar-refractivity contribution is 0.381. The summed E-state index contributed by atoms with van der Waals surface area (Å²) in [7, 11) is -4.07. The van der Waals surface area contributed by atoms with Gasteiger partial charge in [0.2, 0.25) is 11.6 Å². The number of hydrogen-bond acceptors (Lipinski definition) is 3. The van der Waals surface area contributed by atoms with Gasteiger partial charge in [0, 0.05) is 55.9 Å². The Hall–Kier alpha value is -8.38. The molecule has 0 unspecified atom stereocenters. The van der Waals surface area contributed by atoms with Gasteiger partial charge in [0.25, 0.3) is 10.0 Å². The van der Waals surface area contributed by atoms with Gasteiger partial charge < -0.3 is 15.0 Å². The summed E-state index contributed by atoms with van der Waals surface area (Å²) in [6.45, 7) is 0. The van der Waals surface area contributed by atoms with Crippen molar-refractivity contribution < 1.29 is 52.3 Å². The van der Waals surface area contributed by atoms with E-state index in [1.807, 2.05) is 0 Å². The summed E-state index contributed by atoms with van der Waals surface area (Å²) in [4.78, 5) is 13.5. The molecule has 10 aromatic rings. The summed E-state index contributed by atoms with van der Waals surface area (Å²) >= 11 is 0. The van der Waals surface area contributed by atoms with Gasteiger partial charge in [0.15, 0.2) is 46.5 Å². The van der Waals surface area contributed by atoms with Crippen molar-refractivity contribution in [3.63, 3.8) is 0 Å². The smallest absolute Gasteiger partial charge is 0.268 e. The van der Waals surface area contributed by atoms with Gasteiger partial charge in [0.1, 0.15) is 0 Å². The number of aromatic amines is 3. The number of benzene rings is 5. The molecule has 1 aliphatic heterocycles. The van der Waals surface area contributed by atoms with E-state index in [-0.39, 0.29) is 54.9 Å². The van der Waals surface area contributed by atoms with Crippen LogP contribution >= 0.6 is 0 Å². The highest BCUT2D eigenvalue weighted by molar-refractivity contribution is 7.90. The van der Waals surface area contributed by atoms with Crippen LogP contribution in [0.25, 0.3) is 101 Å². The van der Waals surface area contributed by atoms with Crippen molar-refractivity contribution in [1.82, 2.24) is 23.9 Å². The summed E-state index contributed by atoms with van der Waals surface area (Å²) in [6, 6.07) is 29.2. The predicted octanol–water partition coefficient (Wildman–Crippen LogP) is 13.9. The standard InChI is InChI=1S/C51H25F10N5O2S/c52-42-40(43(53)47(57)50(60)46(42)56)38-32-16-14-28(62-32)29-15-17-33(63-29)39(41-44(54)48(58)51(61)49(59)45(41)55)35-21-19-31(65-35)37(30-18-20-34(38)64-30)24-12-10-23(11-13-24)27-22-66(36-9-5-4-8-26(27)36)69(67,68)25-6-2-1-3-7-25/h1-22,62-64H. The fourth-order valence-corrected chi connectivity index (χ4v) is 10.1. The van der Waals surface area contributed by atoms with Crippen molar-refractivity contribution in [3.05, 3.63) is 191 Å². The van der Waals surface area contributed by atoms with Crippen molar-refractivity contribution in [2.24, 2.45) is 0 Å². The molecule has 342 valence electrons. The Morgan fingerprint density at radius 2 is 0.797 bits per heavy atom. The van der Waals surface area contributed by atoms with Gasteiger partial charge in [-0.2, -0.15) is 0 Å². The number of fused-ring (bicyclic) bond motifs is 10. The van der Waals surface area contributed by atoms with Crippen LogP contribution < -0.4 is 0 Å². The molecule has 0 atom stereocenters. The fourth-order valence-electron chi connectivity index (χ4n) is 8.73. The first-order valence-corrected chi connectivity index (χ1v) is 22.0. The Morgan fingerprint density at radius 1 is 0.391 bits per heavy atom. The average molecular weight is 962 g/mol. The molecule has 0 amide bonds. The Labute approximate surface area is 381 Å². The highest BCUT2D eigenvalue weighted by Gasteiger charge is 2.31.